The first-order valence-electron chi connectivity index (χ1n) is 4.99. The molecule has 0 aromatic carbocycles. The second-order valence-electron chi connectivity index (χ2n) is 3.94. The molecular weight excluding hydrogens is 194 g/mol. The first-order valence-corrected chi connectivity index (χ1v) is 4.99. The molecule has 3 N–H and O–H groups in total. The van der Waals surface area contributed by atoms with E-state index in [2.05, 4.69) is 5.10 Å². The van der Waals surface area contributed by atoms with Crippen LogP contribution in [0.15, 0.2) is 12.4 Å². The van der Waals surface area contributed by atoms with Crippen molar-refractivity contribution in [2.24, 2.45) is 5.73 Å². The Labute approximate surface area is 88.9 Å². The van der Waals surface area contributed by atoms with E-state index >= 15 is 0 Å². The van der Waals surface area contributed by atoms with Crippen LogP contribution in [0.25, 0.3) is 0 Å². The second-order valence-corrected chi connectivity index (χ2v) is 3.94. The lowest BCUT2D eigenvalue weighted by molar-refractivity contribution is -0.143. The molecule has 0 saturated carbocycles. The average Bonchev–Trinajstić information content (AvgIpc) is 2.62. The van der Waals surface area contributed by atoms with Gasteiger partial charge in [0.05, 0.1) is 6.20 Å². The SMILES string of the molecule is CCc1cnn(CCC(C)(N)C(=O)O)c1. The molecule has 1 heterocycles. The number of aryl methyl sites for hydroxylation is 2. The summed E-state index contributed by atoms with van der Waals surface area (Å²) < 4.78 is 1.73. The van der Waals surface area contributed by atoms with Gasteiger partial charge in [-0.1, -0.05) is 6.92 Å². The molecule has 84 valence electrons. The lowest BCUT2D eigenvalue weighted by atomic mass is 10.00. The third-order valence-corrected chi connectivity index (χ3v) is 2.44. The Morgan fingerprint density at radius 3 is 2.87 bits per heavy atom. The minimum atomic E-state index is -1.18. The standard InChI is InChI=1S/C10H17N3O2/c1-3-8-6-12-13(7-8)5-4-10(2,11)9(14)15/h6-7H,3-5,11H2,1-2H3,(H,14,15). The molecule has 0 amide bonds. The number of carboxylic acid groups (broad SMARTS) is 1. The normalized spacial score (nSPS) is 14.9. The molecule has 0 bridgehead atoms. The van der Waals surface area contributed by atoms with Crippen molar-refractivity contribution in [2.45, 2.75) is 38.8 Å². The van der Waals surface area contributed by atoms with Crippen LogP contribution in [-0.2, 0) is 17.8 Å². The van der Waals surface area contributed by atoms with E-state index in [1.807, 2.05) is 13.1 Å². The highest BCUT2D eigenvalue weighted by Crippen LogP contribution is 2.08. The Kier molecular flexibility index (Phi) is 3.47. The summed E-state index contributed by atoms with van der Waals surface area (Å²) in [5.74, 6) is -0.981. The maximum absolute atomic E-state index is 10.7. The molecule has 0 spiro atoms. The maximum Gasteiger partial charge on any atom is 0.323 e. The van der Waals surface area contributed by atoms with Crippen LogP contribution in [0.4, 0.5) is 0 Å². The Balaban J connectivity index is 2.53. The molecule has 0 saturated heterocycles. The summed E-state index contributed by atoms with van der Waals surface area (Å²) in [5, 5.41) is 12.9. The topological polar surface area (TPSA) is 81.1 Å². The summed E-state index contributed by atoms with van der Waals surface area (Å²) in [6, 6.07) is 0. The van der Waals surface area contributed by atoms with Crippen molar-refractivity contribution in [2.75, 3.05) is 0 Å². The number of carbonyl (C=O) groups is 1. The fourth-order valence-corrected chi connectivity index (χ4v) is 1.16. The summed E-state index contributed by atoms with van der Waals surface area (Å²) in [5.41, 5.74) is 5.57. The molecule has 1 rings (SSSR count). The second kappa shape index (κ2) is 4.44. The Morgan fingerprint density at radius 1 is 1.73 bits per heavy atom. The molecule has 0 aliphatic heterocycles. The molecule has 15 heavy (non-hydrogen) atoms. The van der Waals surface area contributed by atoms with Gasteiger partial charge >= 0.3 is 5.97 Å². The van der Waals surface area contributed by atoms with Crippen LogP contribution in [-0.4, -0.2) is 26.4 Å². The van der Waals surface area contributed by atoms with Crippen LogP contribution in [0.3, 0.4) is 0 Å². The molecule has 0 aliphatic rings. The van der Waals surface area contributed by atoms with Gasteiger partial charge in [0, 0.05) is 12.7 Å². The molecule has 5 nitrogen and oxygen atoms in total. The van der Waals surface area contributed by atoms with E-state index in [-0.39, 0.29) is 0 Å². The van der Waals surface area contributed by atoms with Gasteiger partial charge in [0.25, 0.3) is 0 Å². The Bertz CT molecular complexity index is 344. The number of nitrogens with zero attached hydrogens (tertiary/aromatic N) is 2. The van der Waals surface area contributed by atoms with Crippen LogP contribution in [0.1, 0.15) is 25.8 Å². The molecule has 0 radical (unpaired) electrons. The average molecular weight is 211 g/mol. The quantitative estimate of drug-likeness (QED) is 0.748. The predicted octanol–water partition coefficient (Wildman–Crippen LogP) is 0.638. The van der Waals surface area contributed by atoms with Crippen LogP contribution < -0.4 is 5.73 Å². The van der Waals surface area contributed by atoms with Crippen LogP contribution in [0, 0.1) is 0 Å². The number of aliphatic carboxylic acids is 1. The highest BCUT2D eigenvalue weighted by molar-refractivity contribution is 5.77. The number of aromatic nitrogens is 2. The molecule has 1 unspecified atom stereocenters. The van der Waals surface area contributed by atoms with E-state index in [0.29, 0.717) is 13.0 Å². The van der Waals surface area contributed by atoms with E-state index < -0.39 is 11.5 Å². The molecule has 0 fully saturated rings. The van der Waals surface area contributed by atoms with Gasteiger partial charge in [-0.15, -0.1) is 0 Å². The Morgan fingerprint density at radius 2 is 2.40 bits per heavy atom. The minimum absolute atomic E-state index is 0.368. The molecule has 1 aromatic rings. The molecular formula is C10H17N3O2. The molecule has 5 heteroatoms. The van der Waals surface area contributed by atoms with Crippen molar-refractivity contribution in [1.29, 1.82) is 0 Å². The van der Waals surface area contributed by atoms with Crippen molar-refractivity contribution >= 4 is 5.97 Å². The minimum Gasteiger partial charge on any atom is -0.480 e. The van der Waals surface area contributed by atoms with E-state index in [1.165, 1.54) is 6.92 Å². The third-order valence-electron chi connectivity index (χ3n) is 2.44. The van der Waals surface area contributed by atoms with E-state index in [0.717, 1.165) is 12.0 Å². The first kappa shape index (κ1) is 11.7. The van der Waals surface area contributed by atoms with Gasteiger partial charge in [-0.25, -0.2) is 0 Å². The summed E-state index contributed by atoms with van der Waals surface area (Å²) in [6.07, 6.45) is 5.00. The fraction of sp³-hybridized carbons (Fsp3) is 0.600. The molecule has 0 aliphatic carbocycles. The van der Waals surface area contributed by atoms with Crippen molar-refractivity contribution in [3.05, 3.63) is 18.0 Å². The van der Waals surface area contributed by atoms with E-state index in [4.69, 9.17) is 10.8 Å². The Hall–Kier alpha value is -1.36. The van der Waals surface area contributed by atoms with Gasteiger partial charge < -0.3 is 10.8 Å². The van der Waals surface area contributed by atoms with E-state index in [9.17, 15) is 4.79 Å². The van der Waals surface area contributed by atoms with Gasteiger partial charge in [0.2, 0.25) is 0 Å². The number of rotatable bonds is 5. The van der Waals surface area contributed by atoms with Crippen molar-refractivity contribution in [1.82, 2.24) is 9.78 Å². The predicted molar refractivity (Wildman–Crippen MR) is 56.5 cm³/mol. The number of hydrogen-bond donors (Lipinski definition) is 2. The molecule has 1 atom stereocenters. The largest absolute Gasteiger partial charge is 0.480 e. The monoisotopic (exact) mass is 211 g/mol. The third kappa shape index (κ3) is 3.06. The van der Waals surface area contributed by atoms with Gasteiger partial charge in [-0.3, -0.25) is 9.48 Å². The van der Waals surface area contributed by atoms with Crippen molar-refractivity contribution in [3.63, 3.8) is 0 Å². The summed E-state index contributed by atoms with van der Waals surface area (Å²) >= 11 is 0. The van der Waals surface area contributed by atoms with Crippen LogP contribution >= 0.6 is 0 Å². The van der Waals surface area contributed by atoms with Gasteiger partial charge in [0.1, 0.15) is 5.54 Å². The van der Waals surface area contributed by atoms with Gasteiger partial charge in [-0.2, -0.15) is 5.10 Å². The highest BCUT2D eigenvalue weighted by Gasteiger charge is 2.27. The van der Waals surface area contributed by atoms with E-state index in [1.54, 1.807) is 10.9 Å². The highest BCUT2D eigenvalue weighted by atomic mass is 16.4. The lowest BCUT2D eigenvalue weighted by Crippen LogP contribution is -2.45. The summed E-state index contributed by atoms with van der Waals surface area (Å²) in [6.45, 7) is 4.09. The lowest BCUT2D eigenvalue weighted by Gasteiger charge is -2.18. The summed E-state index contributed by atoms with van der Waals surface area (Å²) in [4.78, 5) is 10.7. The number of hydrogen-bond acceptors (Lipinski definition) is 3. The van der Waals surface area contributed by atoms with Crippen molar-refractivity contribution in [3.8, 4) is 0 Å². The maximum atomic E-state index is 10.7. The van der Waals surface area contributed by atoms with Crippen molar-refractivity contribution < 1.29 is 9.90 Å². The number of nitrogens with two attached hydrogens (primary N) is 1. The van der Waals surface area contributed by atoms with Gasteiger partial charge in [-0.05, 0) is 25.3 Å². The molecule has 1 aromatic heterocycles. The fourth-order valence-electron chi connectivity index (χ4n) is 1.16. The first-order chi connectivity index (χ1) is 6.95. The van der Waals surface area contributed by atoms with Crippen LogP contribution in [0.2, 0.25) is 0 Å². The zero-order valence-electron chi connectivity index (χ0n) is 9.10. The zero-order chi connectivity index (χ0) is 11.5. The summed E-state index contributed by atoms with van der Waals surface area (Å²) in [7, 11) is 0. The smallest absolute Gasteiger partial charge is 0.323 e. The zero-order valence-corrected chi connectivity index (χ0v) is 9.10. The van der Waals surface area contributed by atoms with Gasteiger partial charge in [0.15, 0.2) is 0 Å². The van der Waals surface area contributed by atoms with Crippen LogP contribution in [0.5, 0.6) is 0 Å². The number of carboxylic acids is 1.